The first kappa shape index (κ1) is 27.9. The molecule has 1 heterocycles. The molecule has 0 aliphatic carbocycles. The van der Waals surface area contributed by atoms with Crippen LogP contribution in [0.25, 0.3) is 0 Å². The number of benzene rings is 3. The van der Waals surface area contributed by atoms with Gasteiger partial charge in [0.2, 0.25) is 5.91 Å². The largest absolute Gasteiger partial charge is 0.495 e. The van der Waals surface area contributed by atoms with Crippen molar-refractivity contribution in [1.29, 1.82) is 0 Å². The monoisotopic (exact) mass is 586 g/mol. The van der Waals surface area contributed by atoms with Crippen molar-refractivity contribution in [2.75, 3.05) is 28.0 Å². The van der Waals surface area contributed by atoms with E-state index < -0.39 is 32.5 Å². The predicted molar refractivity (Wildman–Crippen MR) is 149 cm³/mol. The van der Waals surface area contributed by atoms with Crippen LogP contribution in [0.15, 0.2) is 107 Å². The van der Waals surface area contributed by atoms with Gasteiger partial charge in [-0.2, -0.15) is 0 Å². The van der Waals surface area contributed by atoms with E-state index in [1.165, 1.54) is 74.0 Å². The van der Waals surface area contributed by atoms with Gasteiger partial charge in [0.25, 0.3) is 20.0 Å². The Balaban J connectivity index is 1.55. The van der Waals surface area contributed by atoms with Crippen molar-refractivity contribution < 1.29 is 26.4 Å². The van der Waals surface area contributed by atoms with E-state index in [4.69, 9.17) is 16.3 Å². The Morgan fingerprint density at radius 3 is 2.21 bits per heavy atom. The summed E-state index contributed by atoms with van der Waals surface area (Å²) >= 11 is 6.23. The van der Waals surface area contributed by atoms with Crippen LogP contribution in [0.5, 0.6) is 5.75 Å². The van der Waals surface area contributed by atoms with Crippen molar-refractivity contribution in [3.05, 3.63) is 102 Å². The molecule has 13 heteroatoms. The van der Waals surface area contributed by atoms with Gasteiger partial charge in [-0.05, 0) is 66.7 Å². The second-order valence-corrected chi connectivity index (χ2v) is 12.0. The maximum absolute atomic E-state index is 13.5. The van der Waals surface area contributed by atoms with E-state index >= 15 is 0 Å². The van der Waals surface area contributed by atoms with Gasteiger partial charge in [0.1, 0.15) is 18.1 Å². The van der Waals surface area contributed by atoms with Crippen LogP contribution in [-0.2, 0) is 24.8 Å². The first-order valence-electron chi connectivity index (χ1n) is 11.4. The minimum Gasteiger partial charge on any atom is -0.495 e. The molecule has 0 fully saturated rings. The number of sulfonamides is 2. The van der Waals surface area contributed by atoms with Crippen LogP contribution in [0.1, 0.15) is 0 Å². The Labute approximate surface area is 231 Å². The third kappa shape index (κ3) is 6.66. The van der Waals surface area contributed by atoms with E-state index in [9.17, 15) is 21.6 Å². The Morgan fingerprint density at radius 1 is 0.897 bits per heavy atom. The number of nitrogens with one attached hydrogen (secondary N) is 2. The van der Waals surface area contributed by atoms with Crippen molar-refractivity contribution in [2.45, 2.75) is 9.79 Å². The molecule has 0 saturated heterocycles. The molecule has 39 heavy (non-hydrogen) atoms. The predicted octanol–water partition coefficient (Wildman–Crippen LogP) is 4.38. The van der Waals surface area contributed by atoms with Crippen molar-refractivity contribution in [1.82, 2.24) is 4.98 Å². The fourth-order valence-corrected chi connectivity index (χ4v) is 6.21. The first-order chi connectivity index (χ1) is 18.6. The molecule has 0 spiro atoms. The number of methoxy groups -OCH3 is 1. The molecule has 202 valence electrons. The molecule has 2 N–H and O–H groups in total. The molecule has 0 saturated carbocycles. The molecule has 10 nitrogen and oxygen atoms in total. The molecule has 0 atom stereocenters. The van der Waals surface area contributed by atoms with E-state index in [0.717, 1.165) is 4.31 Å². The summed E-state index contributed by atoms with van der Waals surface area (Å²) in [5.41, 5.74) is 0.420. The van der Waals surface area contributed by atoms with E-state index in [2.05, 4.69) is 15.0 Å². The molecule has 0 bridgehead atoms. The van der Waals surface area contributed by atoms with Crippen LogP contribution >= 0.6 is 11.6 Å². The Hall–Kier alpha value is -4.13. The van der Waals surface area contributed by atoms with Crippen molar-refractivity contribution in [3.8, 4) is 5.75 Å². The molecule has 0 unspecified atom stereocenters. The molecular formula is C26H23ClN4O6S2. The molecular weight excluding hydrogens is 564 g/mol. The van der Waals surface area contributed by atoms with Crippen LogP contribution in [0.4, 0.5) is 17.2 Å². The standard InChI is InChI=1S/C26H23ClN4O6S2/c1-37-24-15-12-20(17-23(24)27)31(39(35,36)22-7-3-2-4-8-22)18-26(32)29-19-10-13-21(14-11-19)38(33,34)30-25-9-5-6-16-28-25/h2-17H,18H2,1H3,(H,28,30)(H,29,32). The third-order valence-electron chi connectivity index (χ3n) is 5.39. The highest BCUT2D eigenvalue weighted by atomic mass is 35.5. The van der Waals surface area contributed by atoms with Gasteiger partial charge in [0.15, 0.2) is 0 Å². The van der Waals surface area contributed by atoms with E-state index in [-0.39, 0.29) is 32.0 Å². The number of rotatable bonds is 10. The zero-order valence-corrected chi connectivity index (χ0v) is 22.9. The molecule has 0 aliphatic heterocycles. The lowest BCUT2D eigenvalue weighted by Gasteiger charge is -2.24. The number of hydrogen-bond acceptors (Lipinski definition) is 7. The summed E-state index contributed by atoms with van der Waals surface area (Å²) < 4.78 is 60.7. The first-order valence-corrected chi connectivity index (χ1v) is 14.7. The Morgan fingerprint density at radius 2 is 1.59 bits per heavy atom. The van der Waals surface area contributed by atoms with Gasteiger partial charge in [-0.3, -0.25) is 13.8 Å². The van der Waals surface area contributed by atoms with Gasteiger partial charge < -0.3 is 10.1 Å². The van der Waals surface area contributed by atoms with Crippen LogP contribution in [0.3, 0.4) is 0 Å². The van der Waals surface area contributed by atoms with Gasteiger partial charge in [-0.25, -0.2) is 21.8 Å². The number of anilines is 3. The number of nitrogens with zero attached hydrogens (tertiary/aromatic N) is 2. The maximum Gasteiger partial charge on any atom is 0.264 e. The molecule has 0 radical (unpaired) electrons. The van der Waals surface area contributed by atoms with Crippen molar-refractivity contribution in [3.63, 3.8) is 0 Å². The summed E-state index contributed by atoms with van der Waals surface area (Å²) in [5.74, 6) is -0.161. The number of carbonyl (C=O) groups excluding carboxylic acids is 1. The highest BCUT2D eigenvalue weighted by molar-refractivity contribution is 7.93. The fraction of sp³-hybridized carbons (Fsp3) is 0.0769. The molecule has 4 aromatic rings. The van der Waals surface area contributed by atoms with Gasteiger partial charge in [-0.1, -0.05) is 35.9 Å². The summed E-state index contributed by atoms with van der Waals surface area (Å²) in [5, 5.41) is 2.77. The molecule has 1 aromatic heterocycles. The highest BCUT2D eigenvalue weighted by Crippen LogP contribution is 2.32. The zero-order chi connectivity index (χ0) is 28.0. The molecule has 3 aromatic carbocycles. The SMILES string of the molecule is COc1ccc(N(CC(=O)Nc2ccc(S(=O)(=O)Nc3ccccn3)cc2)S(=O)(=O)c2ccccc2)cc1Cl. The van der Waals surface area contributed by atoms with E-state index in [1.807, 2.05) is 0 Å². The van der Waals surface area contributed by atoms with Crippen LogP contribution in [0.2, 0.25) is 5.02 Å². The summed E-state index contributed by atoms with van der Waals surface area (Å²) in [6.07, 6.45) is 1.46. The molecule has 1 amide bonds. The number of aromatic nitrogens is 1. The lowest BCUT2D eigenvalue weighted by Crippen LogP contribution is -2.38. The maximum atomic E-state index is 13.5. The lowest BCUT2D eigenvalue weighted by atomic mass is 10.3. The highest BCUT2D eigenvalue weighted by Gasteiger charge is 2.28. The number of carbonyl (C=O) groups is 1. The number of amides is 1. The minimum atomic E-state index is -4.15. The van der Waals surface area contributed by atoms with Gasteiger partial charge >= 0.3 is 0 Å². The summed E-state index contributed by atoms with van der Waals surface area (Å²) in [6.45, 7) is -0.582. The average Bonchev–Trinajstić information content (AvgIpc) is 2.93. The third-order valence-corrected chi connectivity index (χ3v) is 8.85. The minimum absolute atomic E-state index is 0.0142. The van der Waals surface area contributed by atoms with Gasteiger partial charge in [0.05, 0.1) is 27.6 Å². The van der Waals surface area contributed by atoms with Crippen molar-refractivity contribution >= 4 is 54.7 Å². The molecule has 0 aliphatic rings. The fourth-order valence-electron chi connectivity index (χ4n) is 3.51. The van der Waals surface area contributed by atoms with Gasteiger partial charge in [-0.15, -0.1) is 0 Å². The van der Waals surface area contributed by atoms with Crippen molar-refractivity contribution in [2.24, 2.45) is 0 Å². The topological polar surface area (TPSA) is 135 Å². The average molecular weight is 587 g/mol. The Bertz CT molecular complexity index is 1670. The van der Waals surface area contributed by atoms with E-state index in [0.29, 0.717) is 5.75 Å². The number of ether oxygens (including phenoxy) is 1. The van der Waals surface area contributed by atoms with Crippen LogP contribution < -0.4 is 19.1 Å². The summed E-state index contributed by atoms with van der Waals surface area (Å²) in [4.78, 5) is 16.9. The Kier molecular flexibility index (Phi) is 8.38. The summed E-state index contributed by atoms with van der Waals surface area (Å²) in [6, 6.07) is 22.3. The van der Waals surface area contributed by atoms with Gasteiger partial charge in [0, 0.05) is 11.9 Å². The second-order valence-electron chi connectivity index (χ2n) is 8.04. The van der Waals surface area contributed by atoms with Crippen LogP contribution in [-0.4, -0.2) is 41.4 Å². The smallest absolute Gasteiger partial charge is 0.264 e. The van der Waals surface area contributed by atoms with Crippen LogP contribution in [0, 0.1) is 0 Å². The number of halogens is 1. The lowest BCUT2D eigenvalue weighted by molar-refractivity contribution is -0.114. The molecule has 4 rings (SSSR count). The zero-order valence-electron chi connectivity index (χ0n) is 20.5. The second kappa shape index (κ2) is 11.7. The van der Waals surface area contributed by atoms with E-state index in [1.54, 1.807) is 30.3 Å². The summed E-state index contributed by atoms with van der Waals surface area (Å²) in [7, 11) is -6.63. The number of hydrogen-bond donors (Lipinski definition) is 2. The quantitative estimate of drug-likeness (QED) is 0.281. The normalized spacial score (nSPS) is 11.4. The number of pyridine rings is 1.